The molecule has 0 unspecified atom stereocenters. The van der Waals surface area contributed by atoms with Gasteiger partial charge in [-0.05, 0) is 12.8 Å². The van der Waals surface area contributed by atoms with E-state index in [0.29, 0.717) is 12.8 Å². The van der Waals surface area contributed by atoms with Gasteiger partial charge in [-0.15, -0.1) is 0 Å². The smallest absolute Gasteiger partial charge is 0.308 e. The third-order valence-electron chi connectivity index (χ3n) is 2.31. The molecule has 3 atom stereocenters. The van der Waals surface area contributed by atoms with Crippen LogP contribution in [0.3, 0.4) is 0 Å². The van der Waals surface area contributed by atoms with Gasteiger partial charge < -0.3 is 14.6 Å². The van der Waals surface area contributed by atoms with E-state index < -0.39 is 6.10 Å². The van der Waals surface area contributed by atoms with Gasteiger partial charge in [0.05, 0.1) is 25.2 Å². The van der Waals surface area contributed by atoms with Gasteiger partial charge in [-0.3, -0.25) is 4.79 Å². The molecule has 12 heavy (non-hydrogen) atoms. The number of hydrogen-bond donors (Lipinski definition) is 1. The van der Waals surface area contributed by atoms with Gasteiger partial charge in [-0.25, -0.2) is 0 Å². The topological polar surface area (TPSA) is 55.8 Å². The molecule has 1 aliphatic rings. The lowest BCUT2D eigenvalue weighted by atomic mass is 10.1. The molecule has 1 saturated carbocycles. The molecular weight excluding hydrogens is 160 g/mol. The van der Waals surface area contributed by atoms with Crippen molar-refractivity contribution in [1.82, 2.24) is 0 Å². The fraction of sp³-hybridized carbons (Fsp3) is 0.875. The molecule has 0 aliphatic heterocycles. The van der Waals surface area contributed by atoms with Gasteiger partial charge in [0.15, 0.2) is 0 Å². The van der Waals surface area contributed by atoms with Gasteiger partial charge in [0.25, 0.3) is 0 Å². The summed E-state index contributed by atoms with van der Waals surface area (Å²) in [6.45, 7) is 0. The van der Waals surface area contributed by atoms with Gasteiger partial charge >= 0.3 is 5.97 Å². The second-order valence-electron chi connectivity index (χ2n) is 3.03. The van der Waals surface area contributed by atoms with Crippen molar-refractivity contribution in [3.63, 3.8) is 0 Å². The fourth-order valence-corrected chi connectivity index (χ4v) is 1.59. The molecule has 0 aromatic rings. The highest BCUT2D eigenvalue weighted by molar-refractivity contribution is 5.72. The average molecular weight is 174 g/mol. The van der Waals surface area contributed by atoms with Gasteiger partial charge in [0.2, 0.25) is 0 Å². The molecule has 0 spiro atoms. The number of esters is 1. The van der Waals surface area contributed by atoms with Crippen LogP contribution in [0.1, 0.15) is 12.8 Å². The Morgan fingerprint density at radius 2 is 2.08 bits per heavy atom. The lowest BCUT2D eigenvalue weighted by Gasteiger charge is -2.10. The van der Waals surface area contributed by atoms with Gasteiger partial charge in [0, 0.05) is 7.11 Å². The molecule has 70 valence electrons. The van der Waals surface area contributed by atoms with Crippen LogP contribution < -0.4 is 0 Å². The molecule has 0 heterocycles. The molecule has 0 aromatic heterocycles. The first kappa shape index (κ1) is 9.48. The second-order valence-corrected chi connectivity index (χ2v) is 3.03. The van der Waals surface area contributed by atoms with Crippen molar-refractivity contribution in [3.05, 3.63) is 0 Å². The number of carbonyl (C=O) groups is 1. The van der Waals surface area contributed by atoms with Crippen molar-refractivity contribution in [3.8, 4) is 0 Å². The Kier molecular flexibility index (Phi) is 3.05. The highest BCUT2D eigenvalue weighted by Crippen LogP contribution is 2.28. The Bertz CT molecular complexity index is 168. The zero-order chi connectivity index (χ0) is 9.14. The third kappa shape index (κ3) is 1.76. The van der Waals surface area contributed by atoms with Crippen LogP contribution in [0.15, 0.2) is 0 Å². The van der Waals surface area contributed by atoms with Gasteiger partial charge in [-0.2, -0.15) is 0 Å². The van der Waals surface area contributed by atoms with E-state index in [9.17, 15) is 9.90 Å². The van der Waals surface area contributed by atoms with Crippen LogP contribution in [-0.2, 0) is 14.3 Å². The van der Waals surface area contributed by atoms with E-state index in [1.54, 1.807) is 0 Å². The number of ether oxygens (including phenoxy) is 2. The predicted octanol–water partition coefficient (Wildman–Crippen LogP) is -0.0547. The summed E-state index contributed by atoms with van der Waals surface area (Å²) in [5.41, 5.74) is 0. The van der Waals surface area contributed by atoms with E-state index in [-0.39, 0.29) is 18.0 Å². The predicted molar refractivity (Wildman–Crippen MR) is 41.5 cm³/mol. The van der Waals surface area contributed by atoms with Crippen molar-refractivity contribution in [1.29, 1.82) is 0 Å². The average Bonchev–Trinajstić information content (AvgIpc) is 2.45. The van der Waals surface area contributed by atoms with E-state index >= 15 is 0 Å². The maximum absolute atomic E-state index is 11.0. The normalized spacial score (nSPS) is 35.1. The Morgan fingerprint density at radius 3 is 2.50 bits per heavy atom. The van der Waals surface area contributed by atoms with E-state index in [2.05, 4.69) is 4.74 Å². The number of carbonyl (C=O) groups excluding carboxylic acids is 1. The lowest BCUT2D eigenvalue weighted by Crippen LogP contribution is -2.20. The Labute approximate surface area is 71.5 Å². The molecule has 0 amide bonds. The highest BCUT2D eigenvalue weighted by atomic mass is 16.5. The van der Waals surface area contributed by atoms with Crippen LogP contribution in [0.2, 0.25) is 0 Å². The van der Waals surface area contributed by atoms with Crippen LogP contribution in [0.5, 0.6) is 0 Å². The van der Waals surface area contributed by atoms with Gasteiger partial charge in [-0.1, -0.05) is 0 Å². The summed E-state index contributed by atoms with van der Waals surface area (Å²) in [6.07, 6.45) is 0.267. The number of methoxy groups -OCH3 is 2. The third-order valence-corrected chi connectivity index (χ3v) is 2.31. The monoisotopic (exact) mass is 174 g/mol. The summed E-state index contributed by atoms with van der Waals surface area (Å²) in [7, 11) is 2.89. The zero-order valence-corrected chi connectivity index (χ0v) is 7.32. The zero-order valence-electron chi connectivity index (χ0n) is 7.32. The van der Waals surface area contributed by atoms with Crippen LogP contribution in [0.25, 0.3) is 0 Å². The van der Waals surface area contributed by atoms with E-state index in [0.717, 1.165) is 0 Å². The molecule has 1 fully saturated rings. The van der Waals surface area contributed by atoms with Crippen LogP contribution >= 0.6 is 0 Å². The maximum Gasteiger partial charge on any atom is 0.308 e. The maximum atomic E-state index is 11.0. The number of rotatable bonds is 2. The summed E-state index contributed by atoms with van der Waals surface area (Å²) in [5.74, 6) is -0.455. The SMILES string of the molecule is COC(=O)[C@H]1C[C@H](OC)[C@@H](O)C1. The van der Waals surface area contributed by atoms with Crippen LogP contribution in [0, 0.1) is 5.92 Å². The molecule has 4 heteroatoms. The minimum Gasteiger partial charge on any atom is -0.469 e. The molecule has 4 nitrogen and oxygen atoms in total. The van der Waals surface area contributed by atoms with E-state index in [4.69, 9.17) is 4.74 Å². The first-order valence-corrected chi connectivity index (χ1v) is 3.97. The summed E-state index contributed by atoms with van der Waals surface area (Å²) in [6, 6.07) is 0. The Balaban J connectivity index is 2.48. The second kappa shape index (κ2) is 3.87. The Hall–Kier alpha value is -0.610. The molecular formula is C8H14O4. The van der Waals surface area contributed by atoms with Crippen molar-refractivity contribution in [2.24, 2.45) is 5.92 Å². The largest absolute Gasteiger partial charge is 0.469 e. The first-order valence-electron chi connectivity index (χ1n) is 3.97. The van der Waals surface area contributed by atoms with Crippen LogP contribution in [-0.4, -0.2) is 37.5 Å². The summed E-state index contributed by atoms with van der Waals surface area (Å²) in [4.78, 5) is 11.0. The van der Waals surface area contributed by atoms with Crippen molar-refractivity contribution >= 4 is 5.97 Å². The summed E-state index contributed by atoms with van der Waals surface area (Å²) >= 11 is 0. The van der Waals surface area contributed by atoms with Crippen molar-refractivity contribution in [2.75, 3.05) is 14.2 Å². The summed E-state index contributed by atoms with van der Waals surface area (Å²) < 4.78 is 9.56. The van der Waals surface area contributed by atoms with Crippen molar-refractivity contribution < 1.29 is 19.4 Å². The standard InChI is InChI=1S/C8H14O4/c1-11-7-4-5(3-6(7)9)8(10)12-2/h5-7,9H,3-4H2,1-2H3/t5-,6+,7+/m1/s1. The molecule has 0 bridgehead atoms. The number of aliphatic hydroxyl groups excluding tert-OH is 1. The molecule has 1 N–H and O–H groups in total. The van der Waals surface area contributed by atoms with E-state index in [1.807, 2.05) is 0 Å². The molecule has 0 aromatic carbocycles. The fourth-order valence-electron chi connectivity index (χ4n) is 1.59. The van der Waals surface area contributed by atoms with E-state index in [1.165, 1.54) is 14.2 Å². The molecule has 0 saturated heterocycles. The Morgan fingerprint density at radius 1 is 1.42 bits per heavy atom. The minimum absolute atomic E-state index is 0.199. The summed E-state index contributed by atoms with van der Waals surface area (Å²) in [5, 5.41) is 9.37. The quantitative estimate of drug-likeness (QED) is 0.596. The molecule has 1 rings (SSSR count). The number of hydrogen-bond acceptors (Lipinski definition) is 4. The lowest BCUT2D eigenvalue weighted by molar-refractivity contribution is -0.145. The van der Waals surface area contributed by atoms with Crippen LogP contribution in [0.4, 0.5) is 0 Å². The van der Waals surface area contributed by atoms with Crippen molar-refractivity contribution in [2.45, 2.75) is 25.0 Å². The number of aliphatic hydroxyl groups is 1. The molecule has 1 aliphatic carbocycles. The minimum atomic E-state index is -0.529. The first-order chi connectivity index (χ1) is 5.69. The molecule has 0 radical (unpaired) electrons. The van der Waals surface area contributed by atoms with Gasteiger partial charge in [0.1, 0.15) is 0 Å². The highest BCUT2D eigenvalue weighted by Gasteiger charge is 2.37.